The van der Waals surface area contributed by atoms with Crippen LogP contribution in [0.5, 0.6) is 0 Å². The van der Waals surface area contributed by atoms with Crippen molar-refractivity contribution >= 4 is 12.4 Å². The van der Waals surface area contributed by atoms with Crippen molar-refractivity contribution < 1.29 is 0 Å². The fourth-order valence-corrected chi connectivity index (χ4v) is 2.16. The molecule has 5 heteroatoms. The van der Waals surface area contributed by atoms with Crippen molar-refractivity contribution in [3.05, 3.63) is 18.0 Å². The highest BCUT2D eigenvalue weighted by Crippen LogP contribution is 2.07. The van der Waals surface area contributed by atoms with E-state index in [1.54, 1.807) is 0 Å². The van der Waals surface area contributed by atoms with Crippen LogP contribution >= 0.6 is 12.4 Å². The van der Waals surface area contributed by atoms with E-state index in [0.717, 1.165) is 32.7 Å². The van der Waals surface area contributed by atoms with Crippen LogP contribution in [-0.2, 0) is 13.1 Å². The van der Waals surface area contributed by atoms with Crippen LogP contribution in [0.1, 0.15) is 19.5 Å². The molecule has 0 saturated carbocycles. The summed E-state index contributed by atoms with van der Waals surface area (Å²) in [6.07, 6.45) is 1.89. The van der Waals surface area contributed by atoms with E-state index in [2.05, 4.69) is 39.9 Å². The third-order valence-corrected chi connectivity index (χ3v) is 2.94. The highest BCUT2D eigenvalue weighted by molar-refractivity contribution is 5.85. The van der Waals surface area contributed by atoms with Gasteiger partial charge in [0, 0.05) is 45.0 Å². The SMILES string of the molecule is CCn1nccc1CN1CCN[C@@H](C)C1.Cl. The first kappa shape index (κ1) is 13.5. The molecule has 1 saturated heterocycles. The lowest BCUT2D eigenvalue weighted by molar-refractivity contribution is 0.194. The zero-order valence-electron chi connectivity index (χ0n) is 10.0. The largest absolute Gasteiger partial charge is 0.312 e. The number of rotatable bonds is 3. The van der Waals surface area contributed by atoms with Gasteiger partial charge in [0.2, 0.25) is 0 Å². The quantitative estimate of drug-likeness (QED) is 0.865. The highest BCUT2D eigenvalue weighted by atomic mass is 35.5. The maximum atomic E-state index is 4.29. The summed E-state index contributed by atoms with van der Waals surface area (Å²) in [6, 6.07) is 2.73. The van der Waals surface area contributed by atoms with Crippen LogP contribution in [0.3, 0.4) is 0 Å². The fourth-order valence-electron chi connectivity index (χ4n) is 2.16. The molecule has 2 rings (SSSR count). The molecule has 1 aromatic heterocycles. The van der Waals surface area contributed by atoms with Gasteiger partial charge in [0.05, 0.1) is 5.69 Å². The van der Waals surface area contributed by atoms with Crippen LogP contribution in [0, 0.1) is 0 Å². The minimum absolute atomic E-state index is 0. The Balaban J connectivity index is 0.00000128. The molecule has 4 nitrogen and oxygen atoms in total. The van der Waals surface area contributed by atoms with Crippen molar-refractivity contribution in [1.82, 2.24) is 20.0 Å². The summed E-state index contributed by atoms with van der Waals surface area (Å²) in [4.78, 5) is 2.49. The van der Waals surface area contributed by atoms with Gasteiger partial charge in [-0.25, -0.2) is 0 Å². The van der Waals surface area contributed by atoms with Gasteiger partial charge in [-0.3, -0.25) is 9.58 Å². The van der Waals surface area contributed by atoms with E-state index in [4.69, 9.17) is 0 Å². The van der Waals surface area contributed by atoms with Crippen molar-refractivity contribution in [2.75, 3.05) is 19.6 Å². The maximum Gasteiger partial charge on any atom is 0.0524 e. The van der Waals surface area contributed by atoms with E-state index in [1.165, 1.54) is 5.69 Å². The molecule has 0 spiro atoms. The van der Waals surface area contributed by atoms with E-state index in [0.29, 0.717) is 6.04 Å². The Hall–Kier alpha value is -0.580. The highest BCUT2D eigenvalue weighted by Gasteiger charge is 2.16. The summed E-state index contributed by atoms with van der Waals surface area (Å²) < 4.78 is 2.08. The Labute approximate surface area is 103 Å². The molecule has 1 aromatic rings. The number of aryl methyl sites for hydroxylation is 1. The zero-order chi connectivity index (χ0) is 10.7. The van der Waals surface area contributed by atoms with Crippen molar-refractivity contribution in [2.45, 2.75) is 33.0 Å². The third kappa shape index (κ3) is 3.20. The molecule has 1 N–H and O–H groups in total. The number of hydrogen-bond acceptors (Lipinski definition) is 3. The van der Waals surface area contributed by atoms with Crippen molar-refractivity contribution in [1.29, 1.82) is 0 Å². The van der Waals surface area contributed by atoms with Crippen molar-refractivity contribution in [3.63, 3.8) is 0 Å². The van der Waals surface area contributed by atoms with Gasteiger partial charge in [-0.2, -0.15) is 5.10 Å². The normalized spacial score (nSPS) is 21.8. The summed E-state index contributed by atoms with van der Waals surface area (Å²) in [5, 5.41) is 7.75. The molecule has 2 heterocycles. The van der Waals surface area contributed by atoms with Gasteiger partial charge < -0.3 is 5.32 Å². The number of aromatic nitrogens is 2. The average molecular weight is 245 g/mol. The Morgan fingerprint density at radius 3 is 3.06 bits per heavy atom. The van der Waals surface area contributed by atoms with Gasteiger partial charge in [0.1, 0.15) is 0 Å². The van der Waals surface area contributed by atoms with Crippen LogP contribution in [0.25, 0.3) is 0 Å². The molecule has 16 heavy (non-hydrogen) atoms. The number of nitrogens with zero attached hydrogens (tertiary/aromatic N) is 3. The first-order chi connectivity index (χ1) is 7.29. The number of hydrogen-bond donors (Lipinski definition) is 1. The van der Waals surface area contributed by atoms with Crippen LogP contribution in [0.15, 0.2) is 12.3 Å². The van der Waals surface area contributed by atoms with Gasteiger partial charge in [0.25, 0.3) is 0 Å². The number of piperazine rings is 1. The van der Waals surface area contributed by atoms with Crippen molar-refractivity contribution in [3.8, 4) is 0 Å². The predicted octanol–water partition coefficient (Wildman–Crippen LogP) is 1.12. The Bertz CT molecular complexity index is 313. The Morgan fingerprint density at radius 1 is 1.56 bits per heavy atom. The molecule has 1 atom stereocenters. The molecule has 1 aliphatic heterocycles. The summed E-state index contributed by atoms with van der Waals surface area (Å²) in [5.74, 6) is 0. The van der Waals surface area contributed by atoms with Crippen LogP contribution in [-0.4, -0.2) is 40.4 Å². The Morgan fingerprint density at radius 2 is 2.38 bits per heavy atom. The summed E-state index contributed by atoms with van der Waals surface area (Å²) in [5.41, 5.74) is 1.33. The predicted molar refractivity (Wildman–Crippen MR) is 67.9 cm³/mol. The second-order valence-corrected chi connectivity index (χ2v) is 4.23. The molecule has 0 radical (unpaired) electrons. The van der Waals surface area contributed by atoms with E-state index in [-0.39, 0.29) is 12.4 Å². The van der Waals surface area contributed by atoms with E-state index in [9.17, 15) is 0 Å². The number of nitrogens with one attached hydrogen (secondary N) is 1. The molecular formula is C11H21ClN4. The summed E-state index contributed by atoms with van der Waals surface area (Å²) in [6.45, 7) is 9.74. The molecule has 0 amide bonds. The molecule has 1 fully saturated rings. The van der Waals surface area contributed by atoms with Crippen molar-refractivity contribution in [2.24, 2.45) is 0 Å². The molecule has 92 valence electrons. The smallest absolute Gasteiger partial charge is 0.0524 e. The standard InChI is InChI=1S/C11H20N4.ClH/c1-3-15-11(4-5-13-15)9-14-7-6-12-10(2)8-14;/h4-5,10,12H,3,6-9H2,1-2H3;1H/t10-;/m0./s1. The first-order valence-electron chi connectivity index (χ1n) is 5.76. The lowest BCUT2D eigenvalue weighted by Crippen LogP contribution is -2.48. The van der Waals surface area contributed by atoms with E-state index in [1.807, 2.05) is 6.20 Å². The molecule has 1 aliphatic rings. The minimum atomic E-state index is 0. The van der Waals surface area contributed by atoms with E-state index < -0.39 is 0 Å². The molecule has 0 aliphatic carbocycles. The fraction of sp³-hybridized carbons (Fsp3) is 0.727. The minimum Gasteiger partial charge on any atom is -0.312 e. The average Bonchev–Trinajstić information content (AvgIpc) is 2.65. The molecular weight excluding hydrogens is 224 g/mol. The topological polar surface area (TPSA) is 33.1 Å². The third-order valence-electron chi connectivity index (χ3n) is 2.94. The maximum absolute atomic E-state index is 4.29. The van der Waals surface area contributed by atoms with Gasteiger partial charge in [0.15, 0.2) is 0 Å². The summed E-state index contributed by atoms with van der Waals surface area (Å²) >= 11 is 0. The van der Waals surface area contributed by atoms with Crippen LogP contribution in [0.2, 0.25) is 0 Å². The van der Waals surface area contributed by atoms with Gasteiger partial charge in [-0.1, -0.05) is 0 Å². The second kappa shape index (κ2) is 6.23. The zero-order valence-corrected chi connectivity index (χ0v) is 10.8. The lowest BCUT2D eigenvalue weighted by Gasteiger charge is -2.31. The second-order valence-electron chi connectivity index (χ2n) is 4.23. The van der Waals surface area contributed by atoms with Gasteiger partial charge in [-0.05, 0) is 19.9 Å². The van der Waals surface area contributed by atoms with Gasteiger partial charge >= 0.3 is 0 Å². The van der Waals surface area contributed by atoms with Crippen LogP contribution < -0.4 is 5.32 Å². The van der Waals surface area contributed by atoms with Gasteiger partial charge in [-0.15, -0.1) is 12.4 Å². The number of halogens is 1. The van der Waals surface area contributed by atoms with Crippen LogP contribution in [0.4, 0.5) is 0 Å². The first-order valence-corrected chi connectivity index (χ1v) is 5.76. The summed E-state index contributed by atoms with van der Waals surface area (Å²) in [7, 11) is 0. The lowest BCUT2D eigenvalue weighted by atomic mass is 10.2. The molecule has 0 aromatic carbocycles. The molecule has 0 bridgehead atoms. The van der Waals surface area contributed by atoms with E-state index >= 15 is 0 Å². The Kier molecular flexibility index (Phi) is 5.25. The molecule has 0 unspecified atom stereocenters. The monoisotopic (exact) mass is 244 g/mol.